The summed E-state index contributed by atoms with van der Waals surface area (Å²) < 4.78 is 0. The van der Waals surface area contributed by atoms with Crippen LogP contribution in [0.25, 0.3) is 0 Å². The Morgan fingerprint density at radius 1 is 1.44 bits per heavy atom. The van der Waals surface area contributed by atoms with Crippen molar-refractivity contribution < 1.29 is 0 Å². The van der Waals surface area contributed by atoms with Gasteiger partial charge < -0.3 is 5.73 Å². The van der Waals surface area contributed by atoms with E-state index in [1.165, 1.54) is 17.5 Å². The highest BCUT2D eigenvalue weighted by Crippen LogP contribution is 2.31. The molecule has 0 amide bonds. The second kappa shape index (κ2) is 5.60. The molecule has 1 fully saturated rings. The fraction of sp³-hybridized carbons (Fsp3) is 0.600. The van der Waals surface area contributed by atoms with E-state index in [9.17, 15) is 0 Å². The van der Waals surface area contributed by atoms with Crippen LogP contribution in [0, 0.1) is 5.41 Å². The Morgan fingerprint density at radius 2 is 2.22 bits per heavy atom. The highest BCUT2D eigenvalue weighted by molar-refractivity contribution is 6.31. The molecule has 0 aromatic heterocycles. The van der Waals surface area contributed by atoms with Gasteiger partial charge in [-0.05, 0) is 48.5 Å². The summed E-state index contributed by atoms with van der Waals surface area (Å²) in [5, 5.41) is 0.899. The van der Waals surface area contributed by atoms with Crippen molar-refractivity contribution in [1.82, 2.24) is 4.90 Å². The van der Waals surface area contributed by atoms with Gasteiger partial charge in [-0.1, -0.05) is 37.6 Å². The second-order valence-electron chi connectivity index (χ2n) is 5.71. The van der Waals surface area contributed by atoms with E-state index in [-0.39, 0.29) is 5.41 Å². The summed E-state index contributed by atoms with van der Waals surface area (Å²) in [4.78, 5) is 2.48. The van der Waals surface area contributed by atoms with Gasteiger partial charge in [0, 0.05) is 18.1 Å². The Morgan fingerprint density at radius 3 is 2.83 bits per heavy atom. The molecule has 1 heterocycles. The maximum atomic E-state index is 6.34. The van der Waals surface area contributed by atoms with E-state index in [1.54, 1.807) is 0 Å². The quantitative estimate of drug-likeness (QED) is 0.908. The zero-order valence-electron chi connectivity index (χ0n) is 11.4. The fourth-order valence-corrected chi connectivity index (χ4v) is 3.02. The average molecular weight is 267 g/mol. The van der Waals surface area contributed by atoms with E-state index in [4.69, 9.17) is 17.3 Å². The smallest absolute Gasteiger partial charge is 0.0453 e. The minimum atomic E-state index is 0.285. The molecule has 1 unspecified atom stereocenters. The molecule has 1 saturated heterocycles. The van der Waals surface area contributed by atoms with Crippen LogP contribution >= 0.6 is 11.6 Å². The zero-order valence-corrected chi connectivity index (χ0v) is 12.1. The summed E-state index contributed by atoms with van der Waals surface area (Å²) in [5.41, 5.74) is 8.80. The van der Waals surface area contributed by atoms with Crippen LogP contribution in [0.2, 0.25) is 5.02 Å². The molecule has 1 atom stereocenters. The van der Waals surface area contributed by atoms with Gasteiger partial charge in [0.05, 0.1) is 0 Å². The van der Waals surface area contributed by atoms with Gasteiger partial charge in [0.1, 0.15) is 0 Å². The maximum Gasteiger partial charge on any atom is 0.0453 e. The van der Waals surface area contributed by atoms with Crippen molar-refractivity contribution in [3.63, 3.8) is 0 Å². The van der Waals surface area contributed by atoms with Crippen LogP contribution in [0.3, 0.4) is 0 Å². The molecule has 0 spiro atoms. The number of nitrogens with zero attached hydrogens (tertiary/aromatic N) is 1. The van der Waals surface area contributed by atoms with Crippen molar-refractivity contribution in [3.8, 4) is 0 Å². The molecular weight excluding hydrogens is 244 g/mol. The summed E-state index contributed by atoms with van der Waals surface area (Å²) in [7, 11) is 0. The van der Waals surface area contributed by atoms with Crippen LogP contribution < -0.4 is 5.73 Å². The van der Waals surface area contributed by atoms with Crippen molar-refractivity contribution in [3.05, 3.63) is 34.3 Å². The highest BCUT2D eigenvalue weighted by atomic mass is 35.5. The van der Waals surface area contributed by atoms with Crippen LogP contribution in [0.15, 0.2) is 18.2 Å². The fourth-order valence-electron chi connectivity index (χ4n) is 2.76. The molecule has 18 heavy (non-hydrogen) atoms. The van der Waals surface area contributed by atoms with E-state index in [1.807, 2.05) is 12.1 Å². The minimum Gasteiger partial charge on any atom is -0.330 e. The number of halogens is 1. The predicted molar refractivity (Wildman–Crippen MR) is 77.9 cm³/mol. The molecular formula is C15H23ClN2. The minimum absolute atomic E-state index is 0.285. The number of hydrogen-bond donors (Lipinski definition) is 1. The first-order chi connectivity index (χ1) is 8.58. The topological polar surface area (TPSA) is 29.3 Å². The lowest BCUT2D eigenvalue weighted by Gasteiger charge is -2.23. The Hall–Kier alpha value is -0.570. The van der Waals surface area contributed by atoms with Gasteiger partial charge in [0.25, 0.3) is 0 Å². The van der Waals surface area contributed by atoms with E-state index in [0.717, 1.165) is 37.6 Å². The monoisotopic (exact) mass is 266 g/mol. The van der Waals surface area contributed by atoms with Crippen LogP contribution in [-0.4, -0.2) is 24.5 Å². The normalized spacial score (nSPS) is 24.7. The summed E-state index contributed by atoms with van der Waals surface area (Å²) in [6, 6.07) is 6.21. The van der Waals surface area contributed by atoms with Crippen molar-refractivity contribution in [2.24, 2.45) is 11.1 Å². The Bertz CT molecular complexity index is 419. The van der Waals surface area contributed by atoms with E-state index >= 15 is 0 Å². The number of nitrogens with two attached hydrogens (primary N) is 1. The molecule has 100 valence electrons. The standard InChI is InChI=1S/C15H23ClN2/c1-3-12-5-4-6-14(16)13(12)9-18-8-7-15(2,10-17)11-18/h4-6H,3,7-11,17H2,1-2H3. The number of rotatable bonds is 4. The van der Waals surface area contributed by atoms with Gasteiger partial charge in [0.2, 0.25) is 0 Å². The third-order valence-electron chi connectivity index (χ3n) is 4.11. The number of likely N-dealkylation sites (tertiary alicyclic amines) is 1. The van der Waals surface area contributed by atoms with E-state index in [2.05, 4.69) is 24.8 Å². The van der Waals surface area contributed by atoms with Gasteiger partial charge in [-0.25, -0.2) is 0 Å². The Kier molecular flexibility index (Phi) is 4.31. The molecule has 1 aromatic rings. The first-order valence-electron chi connectivity index (χ1n) is 6.76. The maximum absolute atomic E-state index is 6.34. The molecule has 0 bridgehead atoms. The average Bonchev–Trinajstić information content (AvgIpc) is 2.74. The lowest BCUT2D eigenvalue weighted by molar-refractivity contribution is 0.274. The molecule has 1 aliphatic rings. The predicted octanol–water partition coefficient (Wildman–Crippen LogP) is 3.07. The van der Waals surface area contributed by atoms with Crippen LogP contribution in [0.4, 0.5) is 0 Å². The van der Waals surface area contributed by atoms with Gasteiger partial charge in [0.15, 0.2) is 0 Å². The van der Waals surface area contributed by atoms with Crippen molar-refractivity contribution in [2.45, 2.75) is 33.2 Å². The lowest BCUT2D eigenvalue weighted by atomic mass is 9.90. The van der Waals surface area contributed by atoms with Crippen LogP contribution in [0.1, 0.15) is 31.4 Å². The third kappa shape index (κ3) is 2.87. The molecule has 2 N–H and O–H groups in total. The highest BCUT2D eigenvalue weighted by Gasteiger charge is 2.32. The number of hydrogen-bond acceptors (Lipinski definition) is 2. The van der Waals surface area contributed by atoms with Gasteiger partial charge in [-0.15, -0.1) is 0 Å². The SMILES string of the molecule is CCc1cccc(Cl)c1CN1CCC(C)(CN)C1. The Balaban J connectivity index is 2.11. The third-order valence-corrected chi connectivity index (χ3v) is 4.46. The molecule has 0 radical (unpaired) electrons. The molecule has 0 saturated carbocycles. The molecule has 2 nitrogen and oxygen atoms in total. The molecule has 1 aromatic carbocycles. The van der Waals surface area contributed by atoms with E-state index in [0.29, 0.717) is 0 Å². The summed E-state index contributed by atoms with van der Waals surface area (Å²) in [5.74, 6) is 0. The Labute approximate surface area is 115 Å². The van der Waals surface area contributed by atoms with Crippen molar-refractivity contribution >= 4 is 11.6 Å². The van der Waals surface area contributed by atoms with E-state index < -0.39 is 0 Å². The summed E-state index contributed by atoms with van der Waals surface area (Å²) in [6.45, 7) is 8.40. The number of benzene rings is 1. The molecule has 1 aliphatic heterocycles. The van der Waals surface area contributed by atoms with Crippen LogP contribution in [0.5, 0.6) is 0 Å². The molecule has 0 aliphatic carbocycles. The van der Waals surface area contributed by atoms with Crippen molar-refractivity contribution in [2.75, 3.05) is 19.6 Å². The first-order valence-corrected chi connectivity index (χ1v) is 7.14. The van der Waals surface area contributed by atoms with Gasteiger partial charge in [-0.3, -0.25) is 4.90 Å². The van der Waals surface area contributed by atoms with Gasteiger partial charge >= 0.3 is 0 Å². The largest absolute Gasteiger partial charge is 0.330 e. The van der Waals surface area contributed by atoms with Crippen LogP contribution in [-0.2, 0) is 13.0 Å². The van der Waals surface area contributed by atoms with Crippen molar-refractivity contribution in [1.29, 1.82) is 0 Å². The summed E-state index contributed by atoms with van der Waals surface area (Å²) in [6.07, 6.45) is 2.23. The number of aryl methyl sites for hydroxylation is 1. The molecule has 2 rings (SSSR count). The zero-order chi connectivity index (χ0) is 13.2. The molecule has 3 heteroatoms. The lowest BCUT2D eigenvalue weighted by Crippen LogP contribution is -2.31. The second-order valence-corrected chi connectivity index (χ2v) is 6.11. The summed E-state index contributed by atoms with van der Waals surface area (Å²) >= 11 is 6.34. The van der Waals surface area contributed by atoms with Gasteiger partial charge in [-0.2, -0.15) is 0 Å². The first kappa shape index (κ1) is 13.9.